The van der Waals surface area contributed by atoms with Gasteiger partial charge in [-0.05, 0) is 32.3 Å². The zero-order valence-electron chi connectivity index (χ0n) is 12.2. The molecule has 106 valence electrons. The van der Waals surface area contributed by atoms with Crippen LogP contribution in [-0.2, 0) is 0 Å². The number of nitrogens with one attached hydrogen (secondary N) is 1. The number of para-hydroxylation sites is 1. The Labute approximate surface area is 120 Å². The molecule has 0 spiro atoms. The molecule has 0 fully saturated rings. The van der Waals surface area contributed by atoms with Crippen molar-refractivity contribution in [1.29, 1.82) is 0 Å². The predicted molar refractivity (Wildman–Crippen MR) is 83.6 cm³/mol. The second-order valence-corrected chi connectivity index (χ2v) is 4.86. The summed E-state index contributed by atoms with van der Waals surface area (Å²) in [5, 5.41) is 3.23. The first kappa shape index (κ1) is 14.3. The Balaban J connectivity index is 2.05. The number of hydrogen-bond donors (Lipinski definition) is 1. The minimum atomic E-state index is 0.659. The van der Waals surface area contributed by atoms with Gasteiger partial charge in [-0.15, -0.1) is 0 Å². The number of nitrogens with zero attached hydrogens (tertiary/aromatic N) is 4. The summed E-state index contributed by atoms with van der Waals surface area (Å²) in [6.07, 6.45) is 1.78. The zero-order chi connectivity index (χ0) is 14.4. The Morgan fingerprint density at radius 2 is 1.80 bits per heavy atom. The van der Waals surface area contributed by atoms with Crippen molar-refractivity contribution in [2.75, 3.05) is 44.4 Å². The summed E-state index contributed by atoms with van der Waals surface area (Å²) in [6, 6.07) is 12.1. The Hall–Kier alpha value is -2.14. The Morgan fingerprint density at radius 3 is 2.50 bits per heavy atom. The van der Waals surface area contributed by atoms with Crippen LogP contribution >= 0.6 is 0 Å². The Bertz CT molecular complexity index is 527. The van der Waals surface area contributed by atoms with Crippen LogP contribution in [0.1, 0.15) is 0 Å². The van der Waals surface area contributed by atoms with Crippen LogP contribution in [0.15, 0.2) is 42.6 Å². The van der Waals surface area contributed by atoms with Gasteiger partial charge >= 0.3 is 0 Å². The summed E-state index contributed by atoms with van der Waals surface area (Å²) in [5.41, 5.74) is 1.10. The third-order valence-electron chi connectivity index (χ3n) is 2.97. The summed E-state index contributed by atoms with van der Waals surface area (Å²) in [7, 11) is 6.09. The van der Waals surface area contributed by atoms with Crippen molar-refractivity contribution >= 4 is 17.5 Å². The van der Waals surface area contributed by atoms with Gasteiger partial charge in [-0.25, -0.2) is 4.98 Å². The van der Waals surface area contributed by atoms with Crippen LogP contribution in [0.25, 0.3) is 0 Å². The average molecular weight is 271 g/mol. The summed E-state index contributed by atoms with van der Waals surface area (Å²) < 4.78 is 0. The largest absolute Gasteiger partial charge is 0.353 e. The first-order chi connectivity index (χ1) is 9.66. The van der Waals surface area contributed by atoms with E-state index in [1.807, 2.05) is 50.3 Å². The molecule has 1 aromatic carbocycles. The minimum absolute atomic E-state index is 0.659. The minimum Gasteiger partial charge on any atom is -0.353 e. The molecule has 5 heteroatoms. The van der Waals surface area contributed by atoms with E-state index in [0.717, 1.165) is 24.6 Å². The fourth-order valence-electron chi connectivity index (χ4n) is 1.80. The van der Waals surface area contributed by atoms with Crippen molar-refractivity contribution in [2.45, 2.75) is 0 Å². The van der Waals surface area contributed by atoms with E-state index in [-0.39, 0.29) is 0 Å². The van der Waals surface area contributed by atoms with Crippen LogP contribution < -0.4 is 10.2 Å². The maximum atomic E-state index is 4.53. The number of hydrogen-bond acceptors (Lipinski definition) is 5. The molecular formula is C15H21N5. The third kappa shape index (κ3) is 3.93. The predicted octanol–water partition coefficient (Wildman–Crippen LogP) is 2.22. The fraction of sp³-hybridized carbons (Fsp3) is 0.333. The SMILES string of the molecule is CN(C)CCNc1nccc(N(C)c2ccccc2)n1. The van der Waals surface area contributed by atoms with E-state index in [9.17, 15) is 0 Å². The molecule has 0 aliphatic rings. The van der Waals surface area contributed by atoms with Crippen LogP contribution in [-0.4, -0.2) is 49.1 Å². The highest BCUT2D eigenvalue weighted by atomic mass is 15.2. The van der Waals surface area contributed by atoms with E-state index in [1.165, 1.54) is 0 Å². The number of rotatable bonds is 6. The van der Waals surface area contributed by atoms with Crippen molar-refractivity contribution in [3.05, 3.63) is 42.6 Å². The lowest BCUT2D eigenvalue weighted by Crippen LogP contribution is -2.22. The highest BCUT2D eigenvalue weighted by Gasteiger charge is 2.06. The Kier molecular flexibility index (Phi) is 4.90. The molecule has 1 N–H and O–H groups in total. The lowest BCUT2D eigenvalue weighted by atomic mass is 10.3. The first-order valence-electron chi connectivity index (χ1n) is 6.67. The van der Waals surface area contributed by atoms with Crippen LogP contribution in [0.3, 0.4) is 0 Å². The van der Waals surface area contributed by atoms with E-state index >= 15 is 0 Å². The number of benzene rings is 1. The van der Waals surface area contributed by atoms with E-state index in [0.29, 0.717) is 5.95 Å². The average Bonchev–Trinajstić information content (AvgIpc) is 2.47. The molecule has 0 amide bonds. The molecule has 20 heavy (non-hydrogen) atoms. The summed E-state index contributed by atoms with van der Waals surface area (Å²) in [4.78, 5) is 12.9. The molecule has 2 aromatic rings. The molecule has 0 saturated heterocycles. The van der Waals surface area contributed by atoms with Crippen LogP contribution in [0, 0.1) is 0 Å². The van der Waals surface area contributed by atoms with Crippen LogP contribution in [0.4, 0.5) is 17.5 Å². The van der Waals surface area contributed by atoms with Crippen molar-refractivity contribution < 1.29 is 0 Å². The Morgan fingerprint density at radius 1 is 1.05 bits per heavy atom. The first-order valence-corrected chi connectivity index (χ1v) is 6.67. The van der Waals surface area contributed by atoms with Gasteiger partial charge in [0, 0.05) is 32.0 Å². The second-order valence-electron chi connectivity index (χ2n) is 4.86. The van der Waals surface area contributed by atoms with Gasteiger partial charge in [0.2, 0.25) is 5.95 Å². The van der Waals surface area contributed by atoms with Crippen molar-refractivity contribution in [2.24, 2.45) is 0 Å². The van der Waals surface area contributed by atoms with Crippen molar-refractivity contribution in [1.82, 2.24) is 14.9 Å². The van der Waals surface area contributed by atoms with Crippen LogP contribution in [0.2, 0.25) is 0 Å². The normalized spacial score (nSPS) is 10.6. The second kappa shape index (κ2) is 6.86. The summed E-state index contributed by atoms with van der Waals surface area (Å²) in [6.45, 7) is 1.77. The summed E-state index contributed by atoms with van der Waals surface area (Å²) in [5.74, 6) is 1.53. The molecule has 1 heterocycles. The lowest BCUT2D eigenvalue weighted by Gasteiger charge is -2.18. The maximum absolute atomic E-state index is 4.53. The third-order valence-corrected chi connectivity index (χ3v) is 2.97. The topological polar surface area (TPSA) is 44.3 Å². The van der Waals surface area contributed by atoms with Gasteiger partial charge in [-0.3, -0.25) is 0 Å². The molecule has 1 aromatic heterocycles. The molecule has 0 aliphatic carbocycles. The van der Waals surface area contributed by atoms with Gasteiger partial charge in [0.15, 0.2) is 0 Å². The standard InChI is InChI=1S/C15H21N5/c1-19(2)12-11-17-15-16-10-9-14(18-15)20(3)13-7-5-4-6-8-13/h4-10H,11-12H2,1-3H3,(H,16,17,18). The molecular weight excluding hydrogens is 250 g/mol. The van der Waals surface area contributed by atoms with Crippen LogP contribution in [0.5, 0.6) is 0 Å². The van der Waals surface area contributed by atoms with Gasteiger partial charge in [0.05, 0.1) is 0 Å². The monoisotopic (exact) mass is 271 g/mol. The highest BCUT2D eigenvalue weighted by molar-refractivity contribution is 5.59. The molecule has 0 unspecified atom stereocenters. The molecule has 0 radical (unpaired) electrons. The molecule has 5 nitrogen and oxygen atoms in total. The van der Waals surface area contributed by atoms with E-state index in [1.54, 1.807) is 6.20 Å². The fourth-order valence-corrected chi connectivity index (χ4v) is 1.80. The highest BCUT2D eigenvalue weighted by Crippen LogP contribution is 2.21. The summed E-state index contributed by atoms with van der Waals surface area (Å²) >= 11 is 0. The lowest BCUT2D eigenvalue weighted by molar-refractivity contribution is 0.425. The zero-order valence-corrected chi connectivity index (χ0v) is 12.2. The van der Waals surface area contributed by atoms with Gasteiger partial charge in [0.25, 0.3) is 0 Å². The van der Waals surface area contributed by atoms with Gasteiger partial charge in [-0.1, -0.05) is 18.2 Å². The van der Waals surface area contributed by atoms with Gasteiger partial charge < -0.3 is 15.1 Å². The number of aromatic nitrogens is 2. The number of likely N-dealkylation sites (N-methyl/N-ethyl adjacent to an activating group) is 1. The molecule has 0 saturated carbocycles. The molecule has 0 aliphatic heterocycles. The van der Waals surface area contributed by atoms with E-state index in [4.69, 9.17) is 0 Å². The van der Waals surface area contributed by atoms with Gasteiger partial charge in [0.1, 0.15) is 5.82 Å². The maximum Gasteiger partial charge on any atom is 0.224 e. The number of anilines is 3. The smallest absolute Gasteiger partial charge is 0.224 e. The molecule has 0 bridgehead atoms. The van der Waals surface area contributed by atoms with E-state index in [2.05, 4.69) is 32.3 Å². The quantitative estimate of drug-likeness (QED) is 0.872. The molecule has 0 atom stereocenters. The van der Waals surface area contributed by atoms with Crippen molar-refractivity contribution in [3.63, 3.8) is 0 Å². The molecule has 2 rings (SSSR count). The van der Waals surface area contributed by atoms with Crippen molar-refractivity contribution in [3.8, 4) is 0 Å². The van der Waals surface area contributed by atoms with Gasteiger partial charge in [-0.2, -0.15) is 4.98 Å². The van der Waals surface area contributed by atoms with E-state index < -0.39 is 0 Å².